The SMILES string of the molecule is COc1cccc(C(=O)NCCc2nc3ccccc3n2Cc2cccc(C)c2)c1. The Kier molecular flexibility index (Phi) is 5.80. The number of imidazole rings is 1. The van der Waals surface area contributed by atoms with Crippen molar-refractivity contribution in [3.63, 3.8) is 0 Å². The Bertz CT molecular complexity index is 1180. The van der Waals surface area contributed by atoms with E-state index in [-0.39, 0.29) is 5.91 Å². The second kappa shape index (κ2) is 8.82. The molecule has 30 heavy (non-hydrogen) atoms. The van der Waals surface area contributed by atoms with Crippen molar-refractivity contribution in [3.8, 4) is 5.75 Å². The Morgan fingerprint density at radius 3 is 2.70 bits per heavy atom. The van der Waals surface area contributed by atoms with Gasteiger partial charge in [-0.25, -0.2) is 4.98 Å². The Labute approximate surface area is 176 Å². The van der Waals surface area contributed by atoms with Crippen LogP contribution in [0.15, 0.2) is 72.8 Å². The molecule has 0 radical (unpaired) electrons. The molecule has 0 saturated carbocycles. The van der Waals surface area contributed by atoms with Gasteiger partial charge in [0, 0.05) is 25.1 Å². The second-order valence-corrected chi connectivity index (χ2v) is 7.33. The van der Waals surface area contributed by atoms with Crippen molar-refractivity contribution < 1.29 is 9.53 Å². The average Bonchev–Trinajstić information content (AvgIpc) is 3.11. The highest BCUT2D eigenvalue weighted by Crippen LogP contribution is 2.19. The van der Waals surface area contributed by atoms with Crippen LogP contribution in [-0.2, 0) is 13.0 Å². The number of aromatic nitrogens is 2. The predicted molar refractivity (Wildman–Crippen MR) is 119 cm³/mol. The number of methoxy groups -OCH3 is 1. The van der Waals surface area contributed by atoms with Crippen molar-refractivity contribution in [1.29, 1.82) is 0 Å². The molecule has 5 nitrogen and oxygen atoms in total. The molecule has 1 aromatic heterocycles. The van der Waals surface area contributed by atoms with Crippen molar-refractivity contribution in [3.05, 3.63) is 95.3 Å². The van der Waals surface area contributed by atoms with E-state index in [1.54, 1.807) is 19.2 Å². The van der Waals surface area contributed by atoms with Gasteiger partial charge in [-0.3, -0.25) is 4.79 Å². The van der Waals surface area contributed by atoms with Gasteiger partial charge >= 0.3 is 0 Å². The lowest BCUT2D eigenvalue weighted by Crippen LogP contribution is -2.26. The predicted octanol–water partition coefficient (Wildman–Crippen LogP) is 4.37. The van der Waals surface area contributed by atoms with Gasteiger partial charge in [-0.05, 0) is 42.8 Å². The summed E-state index contributed by atoms with van der Waals surface area (Å²) in [5.41, 5.74) is 5.14. The number of fused-ring (bicyclic) bond motifs is 1. The van der Waals surface area contributed by atoms with Crippen LogP contribution in [0.3, 0.4) is 0 Å². The highest BCUT2D eigenvalue weighted by molar-refractivity contribution is 5.94. The first-order valence-corrected chi connectivity index (χ1v) is 10.1. The summed E-state index contributed by atoms with van der Waals surface area (Å²) in [5, 5.41) is 3.00. The number of carbonyl (C=O) groups is 1. The summed E-state index contributed by atoms with van der Waals surface area (Å²) in [5.74, 6) is 1.52. The molecule has 0 fully saturated rings. The van der Waals surface area contributed by atoms with Crippen LogP contribution in [0, 0.1) is 6.92 Å². The van der Waals surface area contributed by atoms with Gasteiger partial charge in [-0.15, -0.1) is 0 Å². The molecule has 152 valence electrons. The molecule has 0 unspecified atom stereocenters. The molecule has 1 heterocycles. The lowest BCUT2D eigenvalue weighted by Gasteiger charge is -2.11. The third kappa shape index (κ3) is 4.35. The van der Waals surface area contributed by atoms with Crippen LogP contribution in [0.25, 0.3) is 11.0 Å². The lowest BCUT2D eigenvalue weighted by atomic mass is 10.1. The van der Waals surface area contributed by atoms with E-state index in [2.05, 4.69) is 47.1 Å². The minimum Gasteiger partial charge on any atom is -0.497 e. The van der Waals surface area contributed by atoms with Crippen LogP contribution < -0.4 is 10.1 Å². The first kappa shape index (κ1) is 19.7. The number of carbonyl (C=O) groups excluding carboxylic acids is 1. The maximum Gasteiger partial charge on any atom is 0.251 e. The number of nitrogens with one attached hydrogen (secondary N) is 1. The molecule has 0 bridgehead atoms. The number of amides is 1. The summed E-state index contributed by atoms with van der Waals surface area (Å²) in [4.78, 5) is 17.3. The summed E-state index contributed by atoms with van der Waals surface area (Å²) in [6, 6.07) is 23.8. The number of aryl methyl sites for hydroxylation is 1. The minimum atomic E-state index is -0.116. The topological polar surface area (TPSA) is 56.1 Å². The summed E-state index contributed by atoms with van der Waals surface area (Å²) in [6.07, 6.45) is 0.649. The summed E-state index contributed by atoms with van der Waals surface area (Å²) in [7, 11) is 1.59. The summed E-state index contributed by atoms with van der Waals surface area (Å²) >= 11 is 0. The molecule has 0 spiro atoms. The zero-order chi connectivity index (χ0) is 20.9. The normalized spacial score (nSPS) is 10.9. The van der Waals surface area contributed by atoms with E-state index in [1.807, 2.05) is 30.3 Å². The maximum absolute atomic E-state index is 12.5. The van der Waals surface area contributed by atoms with Gasteiger partial charge in [0.1, 0.15) is 11.6 Å². The van der Waals surface area contributed by atoms with Crippen molar-refractivity contribution >= 4 is 16.9 Å². The quantitative estimate of drug-likeness (QED) is 0.502. The van der Waals surface area contributed by atoms with Crippen LogP contribution in [0.5, 0.6) is 5.75 Å². The number of benzene rings is 3. The molecule has 0 aliphatic carbocycles. The fraction of sp³-hybridized carbons (Fsp3) is 0.200. The van der Waals surface area contributed by atoms with E-state index >= 15 is 0 Å². The van der Waals surface area contributed by atoms with Crippen molar-refractivity contribution in [2.24, 2.45) is 0 Å². The summed E-state index contributed by atoms with van der Waals surface area (Å²) in [6.45, 7) is 3.36. The van der Waals surface area contributed by atoms with Crippen LogP contribution >= 0.6 is 0 Å². The number of hydrogen-bond donors (Lipinski definition) is 1. The van der Waals surface area contributed by atoms with Gasteiger partial charge in [0.25, 0.3) is 5.91 Å². The molecule has 1 amide bonds. The number of ether oxygens (including phenoxy) is 1. The Morgan fingerprint density at radius 1 is 1.03 bits per heavy atom. The Morgan fingerprint density at radius 2 is 1.87 bits per heavy atom. The zero-order valence-electron chi connectivity index (χ0n) is 17.3. The third-order valence-corrected chi connectivity index (χ3v) is 5.12. The van der Waals surface area contributed by atoms with Gasteiger partial charge in [0.2, 0.25) is 0 Å². The van der Waals surface area contributed by atoms with Crippen LogP contribution in [0.1, 0.15) is 27.3 Å². The standard InChI is InChI=1S/C25H25N3O2/c1-18-7-5-8-19(15-18)17-28-23-12-4-3-11-22(23)27-24(28)13-14-26-25(29)20-9-6-10-21(16-20)30-2/h3-12,15-16H,13-14,17H2,1-2H3,(H,26,29). The third-order valence-electron chi connectivity index (χ3n) is 5.12. The van der Waals surface area contributed by atoms with E-state index in [4.69, 9.17) is 9.72 Å². The number of nitrogens with zero attached hydrogens (tertiary/aromatic N) is 2. The molecular formula is C25H25N3O2. The first-order valence-electron chi connectivity index (χ1n) is 10.1. The van der Waals surface area contributed by atoms with Crippen molar-refractivity contribution in [1.82, 2.24) is 14.9 Å². The van der Waals surface area contributed by atoms with E-state index in [1.165, 1.54) is 11.1 Å². The van der Waals surface area contributed by atoms with Crippen LogP contribution in [0.2, 0.25) is 0 Å². The number of para-hydroxylation sites is 2. The molecule has 5 heteroatoms. The van der Waals surface area contributed by atoms with Gasteiger partial charge in [-0.1, -0.05) is 48.0 Å². The number of rotatable bonds is 7. The second-order valence-electron chi connectivity index (χ2n) is 7.33. The van der Waals surface area contributed by atoms with E-state index in [0.29, 0.717) is 24.3 Å². The van der Waals surface area contributed by atoms with E-state index < -0.39 is 0 Å². The highest BCUT2D eigenvalue weighted by Gasteiger charge is 2.12. The first-order chi connectivity index (χ1) is 14.6. The minimum absolute atomic E-state index is 0.116. The highest BCUT2D eigenvalue weighted by atomic mass is 16.5. The van der Waals surface area contributed by atoms with Gasteiger partial charge in [-0.2, -0.15) is 0 Å². The smallest absolute Gasteiger partial charge is 0.251 e. The van der Waals surface area contributed by atoms with E-state index in [0.717, 1.165) is 23.4 Å². The molecule has 3 aromatic carbocycles. The van der Waals surface area contributed by atoms with Crippen LogP contribution in [-0.4, -0.2) is 29.1 Å². The monoisotopic (exact) mass is 399 g/mol. The van der Waals surface area contributed by atoms with E-state index in [9.17, 15) is 4.79 Å². The molecule has 1 N–H and O–H groups in total. The Balaban J connectivity index is 1.51. The molecule has 4 aromatic rings. The fourth-order valence-corrected chi connectivity index (χ4v) is 3.64. The summed E-state index contributed by atoms with van der Waals surface area (Å²) < 4.78 is 7.44. The Hall–Kier alpha value is -3.60. The molecular weight excluding hydrogens is 374 g/mol. The molecule has 4 rings (SSSR count). The fourth-order valence-electron chi connectivity index (χ4n) is 3.64. The van der Waals surface area contributed by atoms with Gasteiger partial charge < -0.3 is 14.6 Å². The van der Waals surface area contributed by atoms with Gasteiger partial charge in [0.05, 0.1) is 18.1 Å². The molecule has 0 atom stereocenters. The molecule has 0 saturated heterocycles. The maximum atomic E-state index is 12.5. The van der Waals surface area contributed by atoms with Crippen molar-refractivity contribution in [2.75, 3.05) is 13.7 Å². The average molecular weight is 399 g/mol. The van der Waals surface area contributed by atoms with Crippen LogP contribution in [0.4, 0.5) is 0 Å². The largest absolute Gasteiger partial charge is 0.497 e. The molecule has 0 aliphatic rings. The zero-order valence-corrected chi connectivity index (χ0v) is 17.3. The van der Waals surface area contributed by atoms with Gasteiger partial charge in [0.15, 0.2) is 0 Å². The molecule has 0 aliphatic heterocycles. The lowest BCUT2D eigenvalue weighted by molar-refractivity contribution is 0.0953. The van der Waals surface area contributed by atoms with Crippen molar-refractivity contribution in [2.45, 2.75) is 19.9 Å². The number of hydrogen-bond acceptors (Lipinski definition) is 3.